The summed E-state index contributed by atoms with van der Waals surface area (Å²) >= 11 is 1.87. The van der Waals surface area contributed by atoms with Crippen LogP contribution in [0.3, 0.4) is 0 Å². The summed E-state index contributed by atoms with van der Waals surface area (Å²) in [4.78, 5) is 2.45. The SMILES string of the molecule is c1ccc(-c2ccccc2N(c2ccc(-c3ccc4ccc5sc6ccccc6c5c4c3)cc2)c2cc3ccccc3c3ccccc23)cc1. The molecule has 0 bridgehead atoms. The van der Waals surface area contributed by atoms with E-state index in [9.17, 15) is 0 Å². The van der Waals surface area contributed by atoms with Crippen LogP contribution in [0.4, 0.5) is 17.1 Å². The van der Waals surface area contributed by atoms with Gasteiger partial charge in [-0.3, -0.25) is 0 Å². The Labute approximate surface area is 294 Å². The Morgan fingerprint density at radius 1 is 0.340 bits per heavy atom. The molecule has 2 heteroatoms. The molecular weight excluding hydrogens is 623 g/mol. The van der Waals surface area contributed by atoms with Gasteiger partial charge in [0, 0.05) is 36.8 Å². The highest BCUT2D eigenvalue weighted by Crippen LogP contribution is 2.46. The molecule has 1 nitrogen and oxygen atoms in total. The monoisotopic (exact) mass is 653 g/mol. The summed E-state index contributed by atoms with van der Waals surface area (Å²) in [5.41, 5.74) is 8.22. The standard InChI is InChI=1S/C48H31NS/c1-2-12-33(13-3-1)39-16-8-10-20-44(39)49(45-31-36-14-4-5-15-38(36)40-17-6-7-18-41(40)45)37-27-24-32(25-28-37)35-23-22-34-26-29-47-48(43(34)30-35)42-19-9-11-21-46(42)50-47/h1-31H. The normalized spacial score (nSPS) is 11.6. The third kappa shape index (κ3) is 4.69. The van der Waals surface area contributed by atoms with Gasteiger partial charge >= 0.3 is 0 Å². The van der Waals surface area contributed by atoms with Crippen LogP contribution in [0.2, 0.25) is 0 Å². The van der Waals surface area contributed by atoms with Gasteiger partial charge in [0.2, 0.25) is 0 Å². The van der Waals surface area contributed by atoms with Gasteiger partial charge < -0.3 is 4.90 Å². The summed E-state index contributed by atoms with van der Waals surface area (Å²) in [5, 5.41) is 10.2. The third-order valence-electron chi connectivity index (χ3n) is 10.0. The number of thiophene rings is 1. The Morgan fingerprint density at radius 2 is 1.00 bits per heavy atom. The van der Waals surface area contributed by atoms with E-state index in [1.54, 1.807) is 0 Å². The van der Waals surface area contributed by atoms with Gasteiger partial charge in [-0.2, -0.15) is 0 Å². The molecular formula is C48H31NS. The second-order valence-electron chi connectivity index (χ2n) is 12.9. The van der Waals surface area contributed by atoms with E-state index in [1.165, 1.54) is 74.7 Å². The Hall–Kier alpha value is -6.22. The van der Waals surface area contributed by atoms with Crippen molar-refractivity contribution >= 4 is 80.9 Å². The van der Waals surface area contributed by atoms with Crippen molar-refractivity contribution in [2.45, 2.75) is 0 Å². The maximum absolute atomic E-state index is 2.45. The van der Waals surface area contributed by atoms with Crippen LogP contribution in [-0.2, 0) is 0 Å². The fourth-order valence-electron chi connectivity index (χ4n) is 7.68. The molecule has 0 aliphatic rings. The van der Waals surface area contributed by atoms with Gasteiger partial charge in [-0.25, -0.2) is 0 Å². The van der Waals surface area contributed by atoms with Gasteiger partial charge in [0.25, 0.3) is 0 Å². The van der Waals surface area contributed by atoms with E-state index in [2.05, 4.69) is 193 Å². The number of anilines is 3. The zero-order valence-corrected chi connectivity index (χ0v) is 28.1. The highest BCUT2D eigenvalue weighted by atomic mass is 32.1. The summed E-state index contributed by atoms with van der Waals surface area (Å²) in [5.74, 6) is 0. The predicted molar refractivity (Wildman–Crippen MR) is 217 cm³/mol. The lowest BCUT2D eigenvalue weighted by Gasteiger charge is -2.29. The molecule has 0 spiro atoms. The quantitative estimate of drug-likeness (QED) is 0.167. The molecule has 234 valence electrons. The van der Waals surface area contributed by atoms with Crippen LogP contribution < -0.4 is 4.90 Å². The maximum atomic E-state index is 2.45. The van der Waals surface area contributed by atoms with Gasteiger partial charge in [-0.05, 0) is 86.1 Å². The highest BCUT2D eigenvalue weighted by molar-refractivity contribution is 7.26. The molecule has 0 aliphatic carbocycles. The summed E-state index contributed by atoms with van der Waals surface area (Å²) < 4.78 is 2.67. The van der Waals surface area contributed by atoms with Crippen LogP contribution in [0, 0.1) is 0 Å². The van der Waals surface area contributed by atoms with Crippen LogP contribution >= 0.6 is 11.3 Å². The minimum Gasteiger partial charge on any atom is -0.309 e. The van der Waals surface area contributed by atoms with Gasteiger partial charge in [-0.15, -0.1) is 11.3 Å². The van der Waals surface area contributed by atoms with Crippen molar-refractivity contribution in [2.24, 2.45) is 0 Å². The first-order chi connectivity index (χ1) is 24.8. The lowest BCUT2D eigenvalue weighted by Crippen LogP contribution is -2.12. The second-order valence-corrected chi connectivity index (χ2v) is 14.0. The maximum Gasteiger partial charge on any atom is 0.0546 e. The smallest absolute Gasteiger partial charge is 0.0546 e. The molecule has 0 aliphatic heterocycles. The second kappa shape index (κ2) is 11.7. The van der Waals surface area contributed by atoms with Gasteiger partial charge in [0.15, 0.2) is 0 Å². The third-order valence-corrected chi connectivity index (χ3v) is 11.2. The molecule has 10 aromatic rings. The first-order valence-electron chi connectivity index (χ1n) is 17.1. The number of hydrogen-bond acceptors (Lipinski definition) is 2. The number of hydrogen-bond donors (Lipinski definition) is 0. The zero-order chi connectivity index (χ0) is 33.0. The number of benzene rings is 9. The van der Waals surface area contributed by atoms with Crippen LogP contribution in [0.5, 0.6) is 0 Å². The first kappa shape index (κ1) is 28.8. The van der Waals surface area contributed by atoms with Crippen molar-refractivity contribution in [3.05, 3.63) is 188 Å². The summed E-state index contributed by atoms with van der Waals surface area (Å²) in [7, 11) is 0. The molecule has 0 amide bonds. The summed E-state index contributed by atoms with van der Waals surface area (Å²) in [6, 6.07) is 68.7. The fourth-order valence-corrected chi connectivity index (χ4v) is 8.81. The van der Waals surface area contributed by atoms with Crippen molar-refractivity contribution in [3.63, 3.8) is 0 Å². The van der Waals surface area contributed by atoms with E-state index >= 15 is 0 Å². The largest absolute Gasteiger partial charge is 0.309 e. The Balaban J connectivity index is 1.17. The van der Waals surface area contributed by atoms with Crippen LogP contribution in [0.1, 0.15) is 0 Å². The zero-order valence-electron chi connectivity index (χ0n) is 27.3. The molecule has 0 fully saturated rings. The van der Waals surface area contributed by atoms with Gasteiger partial charge in [0.05, 0.1) is 11.4 Å². The molecule has 0 atom stereocenters. The fraction of sp³-hybridized carbons (Fsp3) is 0. The van der Waals surface area contributed by atoms with Crippen molar-refractivity contribution in [1.82, 2.24) is 0 Å². The van der Waals surface area contributed by atoms with E-state index in [0.29, 0.717) is 0 Å². The average Bonchev–Trinajstić information content (AvgIpc) is 3.58. The topological polar surface area (TPSA) is 3.24 Å². The molecule has 1 aromatic heterocycles. The van der Waals surface area contributed by atoms with E-state index in [0.717, 1.165) is 17.1 Å². The number of fused-ring (bicyclic) bond motifs is 8. The minimum atomic E-state index is 1.12. The molecule has 0 saturated carbocycles. The van der Waals surface area contributed by atoms with Gasteiger partial charge in [-0.1, -0.05) is 146 Å². The molecule has 0 unspecified atom stereocenters. The molecule has 50 heavy (non-hydrogen) atoms. The van der Waals surface area contributed by atoms with E-state index in [-0.39, 0.29) is 0 Å². The first-order valence-corrected chi connectivity index (χ1v) is 17.9. The highest BCUT2D eigenvalue weighted by Gasteiger charge is 2.20. The minimum absolute atomic E-state index is 1.12. The molecule has 0 radical (unpaired) electrons. The van der Waals surface area contributed by atoms with E-state index in [1.807, 2.05) is 11.3 Å². The average molecular weight is 654 g/mol. The summed E-state index contributed by atoms with van der Waals surface area (Å²) in [6.45, 7) is 0. The van der Waals surface area contributed by atoms with Crippen molar-refractivity contribution in [1.29, 1.82) is 0 Å². The number of para-hydroxylation sites is 1. The predicted octanol–water partition coefficient (Wildman–Crippen LogP) is 14.3. The summed E-state index contributed by atoms with van der Waals surface area (Å²) in [6.07, 6.45) is 0. The molecule has 10 rings (SSSR count). The number of rotatable bonds is 5. The van der Waals surface area contributed by atoms with Gasteiger partial charge in [0.1, 0.15) is 0 Å². The van der Waals surface area contributed by atoms with Crippen LogP contribution in [0.25, 0.3) is 74.7 Å². The van der Waals surface area contributed by atoms with Crippen LogP contribution in [0.15, 0.2) is 188 Å². The van der Waals surface area contributed by atoms with Crippen LogP contribution in [-0.4, -0.2) is 0 Å². The van der Waals surface area contributed by atoms with Crippen molar-refractivity contribution < 1.29 is 0 Å². The Morgan fingerprint density at radius 3 is 1.86 bits per heavy atom. The van der Waals surface area contributed by atoms with Crippen molar-refractivity contribution in [3.8, 4) is 22.3 Å². The Kier molecular flexibility index (Phi) is 6.75. The molecule has 1 heterocycles. The lowest BCUT2D eigenvalue weighted by atomic mass is 9.96. The Bertz CT molecular complexity index is 2870. The van der Waals surface area contributed by atoms with E-state index in [4.69, 9.17) is 0 Å². The molecule has 0 N–H and O–H groups in total. The number of nitrogens with zero attached hydrogens (tertiary/aromatic N) is 1. The molecule has 0 saturated heterocycles. The lowest BCUT2D eigenvalue weighted by molar-refractivity contribution is 1.30. The molecule has 9 aromatic carbocycles. The van der Waals surface area contributed by atoms with E-state index < -0.39 is 0 Å². The van der Waals surface area contributed by atoms with Crippen molar-refractivity contribution in [2.75, 3.05) is 4.90 Å².